The molecule has 1 atom stereocenters. The molecule has 0 aliphatic carbocycles. The fraction of sp³-hybridized carbons (Fsp3) is 0.714. The van der Waals surface area contributed by atoms with Crippen molar-refractivity contribution < 1.29 is 0 Å². The lowest BCUT2D eigenvalue weighted by Gasteiger charge is -2.05. The Morgan fingerprint density at radius 2 is 1.79 bits per heavy atom. The van der Waals surface area contributed by atoms with E-state index in [-0.39, 0.29) is 0 Å². The molecule has 0 spiro atoms. The average Bonchev–Trinajstić information content (AvgIpc) is 2.13. The van der Waals surface area contributed by atoms with Gasteiger partial charge in [0.15, 0.2) is 0 Å². The summed E-state index contributed by atoms with van der Waals surface area (Å²) in [5.41, 5.74) is 2.97. The quantitative estimate of drug-likeness (QED) is 0.515. The molecule has 14 heavy (non-hydrogen) atoms. The summed E-state index contributed by atoms with van der Waals surface area (Å²) in [7, 11) is 0. The van der Waals surface area contributed by atoms with E-state index in [4.69, 9.17) is 0 Å². The van der Waals surface area contributed by atoms with Gasteiger partial charge in [0.05, 0.1) is 0 Å². The molecule has 0 aliphatic rings. The first-order chi connectivity index (χ1) is 6.56. The highest BCUT2D eigenvalue weighted by atomic mass is 14.0. The van der Waals surface area contributed by atoms with Gasteiger partial charge in [0.1, 0.15) is 0 Å². The van der Waals surface area contributed by atoms with E-state index >= 15 is 0 Å². The molecule has 0 bridgehead atoms. The van der Waals surface area contributed by atoms with Gasteiger partial charge in [-0.25, -0.2) is 0 Å². The van der Waals surface area contributed by atoms with E-state index in [9.17, 15) is 0 Å². The van der Waals surface area contributed by atoms with Crippen molar-refractivity contribution >= 4 is 0 Å². The standard InChI is InChI=1S/C14H26/c1-6-13(4)10-11-14(5)9-7-8-12(2)3/h8,11,13H,6-7,9-10H2,1-5H3/b14-11+. The predicted molar refractivity (Wildman–Crippen MR) is 66.5 cm³/mol. The summed E-state index contributed by atoms with van der Waals surface area (Å²) in [4.78, 5) is 0. The van der Waals surface area contributed by atoms with Gasteiger partial charge in [-0.05, 0) is 46.0 Å². The molecule has 0 nitrogen and oxygen atoms in total. The lowest BCUT2D eigenvalue weighted by molar-refractivity contribution is 0.569. The lowest BCUT2D eigenvalue weighted by atomic mass is 10.0. The highest BCUT2D eigenvalue weighted by Crippen LogP contribution is 2.12. The van der Waals surface area contributed by atoms with Crippen LogP contribution in [0.15, 0.2) is 23.3 Å². The second kappa shape index (κ2) is 7.84. The molecule has 0 aromatic rings. The molecule has 0 rings (SSSR count). The summed E-state index contributed by atoms with van der Waals surface area (Å²) in [5.74, 6) is 0.841. The van der Waals surface area contributed by atoms with Crippen molar-refractivity contribution in [3.05, 3.63) is 23.3 Å². The molecule has 0 heterocycles. The minimum Gasteiger partial charge on any atom is -0.0856 e. The van der Waals surface area contributed by atoms with E-state index in [1.54, 1.807) is 5.57 Å². The average molecular weight is 194 g/mol. The molecular formula is C14H26. The first kappa shape index (κ1) is 13.5. The maximum atomic E-state index is 2.41. The summed E-state index contributed by atoms with van der Waals surface area (Å²) < 4.78 is 0. The molecule has 0 radical (unpaired) electrons. The van der Waals surface area contributed by atoms with Crippen LogP contribution in [0.3, 0.4) is 0 Å². The molecule has 0 saturated heterocycles. The maximum Gasteiger partial charge on any atom is -0.0288 e. The van der Waals surface area contributed by atoms with E-state index < -0.39 is 0 Å². The van der Waals surface area contributed by atoms with Crippen LogP contribution < -0.4 is 0 Å². The Morgan fingerprint density at radius 3 is 2.29 bits per heavy atom. The Kier molecular flexibility index (Phi) is 7.55. The maximum absolute atomic E-state index is 2.41. The highest BCUT2D eigenvalue weighted by molar-refractivity contribution is 5.02. The number of hydrogen-bond donors (Lipinski definition) is 0. The van der Waals surface area contributed by atoms with Crippen LogP contribution in [0.2, 0.25) is 0 Å². The molecule has 0 amide bonds. The molecular weight excluding hydrogens is 168 g/mol. The van der Waals surface area contributed by atoms with Crippen molar-refractivity contribution in [3.8, 4) is 0 Å². The van der Waals surface area contributed by atoms with Gasteiger partial charge in [-0.3, -0.25) is 0 Å². The van der Waals surface area contributed by atoms with Gasteiger partial charge in [0, 0.05) is 0 Å². The summed E-state index contributed by atoms with van der Waals surface area (Å²) >= 11 is 0. The summed E-state index contributed by atoms with van der Waals surface area (Å²) in [6, 6.07) is 0. The molecule has 82 valence electrons. The zero-order chi connectivity index (χ0) is 11.0. The Morgan fingerprint density at radius 1 is 1.14 bits per heavy atom. The van der Waals surface area contributed by atoms with E-state index in [0.717, 1.165) is 5.92 Å². The third kappa shape index (κ3) is 8.10. The fourth-order valence-electron chi connectivity index (χ4n) is 1.26. The van der Waals surface area contributed by atoms with Crippen LogP contribution in [0.25, 0.3) is 0 Å². The van der Waals surface area contributed by atoms with E-state index in [2.05, 4.69) is 46.8 Å². The molecule has 0 aliphatic heterocycles. The Balaban J connectivity index is 3.72. The molecule has 0 saturated carbocycles. The van der Waals surface area contributed by atoms with Crippen molar-refractivity contribution in [3.63, 3.8) is 0 Å². The van der Waals surface area contributed by atoms with Crippen LogP contribution in [0.4, 0.5) is 0 Å². The molecule has 0 N–H and O–H groups in total. The molecule has 0 aromatic heterocycles. The van der Waals surface area contributed by atoms with Gasteiger partial charge in [0.25, 0.3) is 0 Å². The smallest absolute Gasteiger partial charge is 0.0288 e. The van der Waals surface area contributed by atoms with Gasteiger partial charge in [-0.15, -0.1) is 0 Å². The molecule has 0 aromatic carbocycles. The second-order valence-corrected chi connectivity index (χ2v) is 4.62. The summed E-state index contributed by atoms with van der Waals surface area (Å²) in [5, 5.41) is 0. The summed E-state index contributed by atoms with van der Waals surface area (Å²) in [6.07, 6.45) is 9.69. The molecule has 0 heteroatoms. The SMILES string of the molecule is CCC(C)C/C=C(\C)CCC=C(C)C. The number of rotatable bonds is 6. The Hall–Kier alpha value is -0.520. The van der Waals surface area contributed by atoms with Crippen molar-refractivity contribution in [1.82, 2.24) is 0 Å². The predicted octanol–water partition coefficient (Wildman–Crippen LogP) is 5.12. The molecule has 1 unspecified atom stereocenters. The van der Waals surface area contributed by atoms with Crippen LogP contribution in [0, 0.1) is 5.92 Å². The zero-order valence-corrected chi connectivity index (χ0v) is 10.6. The highest BCUT2D eigenvalue weighted by Gasteiger charge is 1.95. The fourth-order valence-corrected chi connectivity index (χ4v) is 1.26. The summed E-state index contributed by atoms with van der Waals surface area (Å²) in [6.45, 7) is 11.2. The topological polar surface area (TPSA) is 0 Å². The zero-order valence-electron chi connectivity index (χ0n) is 10.6. The Bertz CT molecular complexity index is 192. The van der Waals surface area contributed by atoms with Crippen LogP contribution in [-0.2, 0) is 0 Å². The second-order valence-electron chi connectivity index (χ2n) is 4.62. The van der Waals surface area contributed by atoms with Gasteiger partial charge in [-0.2, -0.15) is 0 Å². The molecule has 0 fully saturated rings. The van der Waals surface area contributed by atoms with Crippen molar-refractivity contribution in [2.45, 2.75) is 60.3 Å². The van der Waals surface area contributed by atoms with Crippen LogP contribution >= 0.6 is 0 Å². The van der Waals surface area contributed by atoms with Gasteiger partial charge < -0.3 is 0 Å². The number of allylic oxidation sites excluding steroid dienone is 4. The van der Waals surface area contributed by atoms with E-state index in [0.29, 0.717) is 0 Å². The normalized spacial score (nSPS) is 13.9. The first-order valence-corrected chi connectivity index (χ1v) is 5.85. The van der Waals surface area contributed by atoms with Crippen LogP contribution in [-0.4, -0.2) is 0 Å². The van der Waals surface area contributed by atoms with Crippen LogP contribution in [0.5, 0.6) is 0 Å². The van der Waals surface area contributed by atoms with E-state index in [1.165, 1.54) is 31.3 Å². The van der Waals surface area contributed by atoms with Gasteiger partial charge in [-0.1, -0.05) is 43.6 Å². The van der Waals surface area contributed by atoms with Crippen LogP contribution in [0.1, 0.15) is 60.3 Å². The first-order valence-electron chi connectivity index (χ1n) is 5.85. The third-order valence-electron chi connectivity index (χ3n) is 2.66. The largest absolute Gasteiger partial charge is 0.0856 e. The third-order valence-corrected chi connectivity index (χ3v) is 2.66. The van der Waals surface area contributed by atoms with Gasteiger partial charge in [0.2, 0.25) is 0 Å². The number of hydrogen-bond acceptors (Lipinski definition) is 0. The van der Waals surface area contributed by atoms with Crippen molar-refractivity contribution in [2.24, 2.45) is 5.92 Å². The minimum atomic E-state index is 0.841. The monoisotopic (exact) mass is 194 g/mol. The van der Waals surface area contributed by atoms with Gasteiger partial charge >= 0.3 is 0 Å². The Labute approximate surface area is 90.1 Å². The van der Waals surface area contributed by atoms with Crippen molar-refractivity contribution in [2.75, 3.05) is 0 Å². The van der Waals surface area contributed by atoms with Crippen molar-refractivity contribution in [1.29, 1.82) is 0 Å². The minimum absolute atomic E-state index is 0.841. The van der Waals surface area contributed by atoms with E-state index in [1.807, 2.05) is 0 Å². The lowest BCUT2D eigenvalue weighted by Crippen LogP contribution is -1.89.